The third-order valence-electron chi connectivity index (χ3n) is 0.195. The van der Waals surface area contributed by atoms with E-state index in [1.54, 1.807) is 0 Å². The van der Waals surface area contributed by atoms with Gasteiger partial charge < -0.3 is 4.84 Å². The van der Waals surface area contributed by atoms with E-state index in [4.69, 9.17) is 0 Å². The van der Waals surface area contributed by atoms with Crippen LogP contribution in [0.15, 0.2) is 0 Å². The molecule has 0 aromatic carbocycles. The number of hydrogen-bond acceptors (Lipinski definition) is 2. The molecule has 32 valence electrons. The third-order valence-corrected chi connectivity index (χ3v) is 0.195. The van der Waals surface area contributed by atoms with E-state index in [1.807, 2.05) is 0 Å². The van der Waals surface area contributed by atoms with Gasteiger partial charge in [0.15, 0.2) is 0 Å². The molecule has 0 aliphatic rings. The maximum Gasteiger partial charge on any atom is 0.115 e. The highest BCUT2D eigenvalue weighted by Crippen LogP contribution is 1.61. The molecule has 0 bridgehead atoms. The summed E-state index contributed by atoms with van der Waals surface area (Å²) >= 11 is 0. The number of hydrogen-bond donors (Lipinski definition) is 1. The minimum Gasteiger partial charge on any atom is -0.302 e. The quantitative estimate of drug-likeness (QED) is 0.466. The minimum atomic E-state index is -0.503. The molecule has 0 rings (SSSR count). The van der Waals surface area contributed by atoms with Crippen molar-refractivity contribution in [1.29, 1.82) is 0 Å². The fourth-order valence-electron chi connectivity index (χ4n) is 0.0445. The monoisotopic (exact) mass is 78.0 g/mol. The van der Waals surface area contributed by atoms with E-state index >= 15 is 0 Å². The van der Waals surface area contributed by atoms with Crippen LogP contribution in [0.1, 0.15) is 0 Å². The molecule has 0 radical (unpaired) electrons. The van der Waals surface area contributed by atoms with Gasteiger partial charge in [-0.2, -0.15) is 0 Å². The zero-order valence-electron chi connectivity index (χ0n) is 2.78. The average molecular weight is 78.1 g/mol. The topological polar surface area (TPSA) is 35.2 Å². The lowest BCUT2D eigenvalue weighted by Gasteiger charge is -1.81. The van der Waals surface area contributed by atoms with Gasteiger partial charge in [0, 0.05) is 0 Å². The van der Waals surface area contributed by atoms with Gasteiger partial charge in [-0.15, -0.1) is 0 Å². The molecule has 5 heavy (non-hydrogen) atoms. The molecule has 0 saturated heterocycles. The number of rotatable bonds is 2. The van der Waals surface area contributed by atoms with E-state index in [1.165, 1.54) is 0 Å². The van der Waals surface area contributed by atoms with Gasteiger partial charge >= 0.3 is 0 Å². The van der Waals surface area contributed by atoms with E-state index in [0.29, 0.717) is 0 Å². The van der Waals surface area contributed by atoms with Gasteiger partial charge in [-0.25, -0.2) is 10.3 Å². The Kier molecular flexibility index (Phi) is 3.73. The van der Waals surface area contributed by atoms with Gasteiger partial charge in [0.25, 0.3) is 0 Å². The van der Waals surface area contributed by atoms with Gasteiger partial charge in [0.05, 0.1) is 6.61 Å². The molecule has 0 unspecified atom stereocenters. The van der Waals surface area contributed by atoms with Crippen molar-refractivity contribution < 1.29 is 9.23 Å². The Morgan fingerprint density at radius 2 is 2.40 bits per heavy atom. The number of nitrogens with two attached hydrogens (primary N) is 1. The predicted octanol–water partition coefficient (Wildman–Crippen LogP) is -0.154. The van der Waals surface area contributed by atoms with Crippen LogP contribution in [-0.2, 0) is 4.84 Å². The summed E-state index contributed by atoms with van der Waals surface area (Å²) in [6.07, 6.45) is 0. The zero-order valence-corrected chi connectivity index (χ0v) is 2.78. The molecule has 2 nitrogen and oxygen atoms in total. The van der Waals surface area contributed by atoms with Crippen molar-refractivity contribution in [2.45, 2.75) is 0 Å². The zero-order chi connectivity index (χ0) is 4.12. The Balaban J connectivity index is 2.19. The Morgan fingerprint density at radius 3 is 2.40 bits per heavy atom. The standard InChI is InChI=1S/C2H6FNO/c3-1-2-5-4/h1-2,4H2/i3-1. The molecule has 0 amide bonds. The SMILES string of the molecule is NOCC[18F]. The maximum atomic E-state index is 10.8. The van der Waals surface area contributed by atoms with Crippen molar-refractivity contribution in [3.05, 3.63) is 0 Å². The van der Waals surface area contributed by atoms with E-state index in [2.05, 4.69) is 10.7 Å². The molecule has 0 aromatic rings. The highest BCUT2D eigenvalue weighted by Gasteiger charge is 1.70. The molecule has 2 N–H and O–H groups in total. The molecule has 0 saturated carbocycles. The predicted molar refractivity (Wildman–Crippen MR) is 16.1 cm³/mol. The van der Waals surface area contributed by atoms with Crippen LogP contribution in [0.3, 0.4) is 0 Å². The summed E-state index contributed by atoms with van der Waals surface area (Å²) in [6, 6.07) is 0. The van der Waals surface area contributed by atoms with Crippen LogP contribution >= 0.6 is 0 Å². The molecule has 0 aromatic heterocycles. The highest BCUT2D eigenvalue weighted by molar-refractivity contribution is 4.12. The fourth-order valence-corrected chi connectivity index (χ4v) is 0.0445. The molecule has 0 heterocycles. The van der Waals surface area contributed by atoms with E-state index in [9.17, 15) is 4.39 Å². The Bertz CT molecular complexity index is 17.1. The van der Waals surface area contributed by atoms with Crippen molar-refractivity contribution in [2.75, 3.05) is 13.3 Å². The summed E-state index contributed by atoms with van der Waals surface area (Å²) in [4.78, 5) is 3.82. The molecule has 3 heteroatoms. The van der Waals surface area contributed by atoms with Crippen LogP contribution in [0.4, 0.5) is 4.39 Å². The number of halogens is 1. The van der Waals surface area contributed by atoms with Crippen LogP contribution in [0.2, 0.25) is 0 Å². The molecular formula is C2H6FNO. The minimum absolute atomic E-state index is 0. The van der Waals surface area contributed by atoms with Crippen LogP contribution < -0.4 is 5.90 Å². The first-order valence-electron chi connectivity index (χ1n) is 1.29. The Labute approximate surface area is 29.7 Å². The van der Waals surface area contributed by atoms with Crippen molar-refractivity contribution in [3.8, 4) is 0 Å². The van der Waals surface area contributed by atoms with Crippen molar-refractivity contribution in [2.24, 2.45) is 5.90 Å². The van der Waals surface area contributed by atoms with E-state index in [-0.39, 0.29) is 6.61 Å². The summed E-state index contributed by atoms with van der Waals surface area (Å²) in [7, 11) is 0. The summed E-state index contributed by atoms with van der Waals surface area (Å²) in [5.41, 5.74) is 0. The lowest BCUT2D eigenvalue weighted by Crippen LogP contribution is -2.00. The largest absolute Gasteiger partial charge is 0.302 e. The molecule has 0 atom stereocenters. The first-order valence-corrected chi connectivity index (χ1v) is 1.29. The molecule has 0 spiro atoms. The third kappa shape index (κ3) is 3.85. The summed E-state index contributed by atoms with van der Waals surface area (Å²) < 4.78 is 10.8. The van der Waals surface area contributed by atoms with Crippen LogP contribution in [0, 0.1) is 0 Å². The molecule has 0 aliphatic heterocycles. The highest BCUT2D eigenvalue weighted by atomic mass is 18.2. The first kappa shape index (κ1) is 4.85. The van der Waals surface area contributed by atoms with E-state index < -0.39 is 6.67 Å². The van der Waals surface area contributed by atoms with Crippen molar-refractivity contribution >= 4 is 0 Å². The molecular weight excluding hydrogens is 72.0 g/mol. The lowest BCUT2D eigenvalue weighted by molar-refractivity contribution is 0.122. The second-order valence-electron chi connectivity index (χ2n) is 0.560. The van der Waals surface area contributed by atoms with E-state index in [0.717, 1.165) is 0 Å². The lowest BCUT2D eigenvalue weighted by atomic mass is 10.8. The van der Waals surface area contributed by atoms with Crippen LogP contribution in [-0.4, -0.2) is 13.3 Å². The van der Waals surface area contributed by atoms with Crippen molar-refractivity contribution in [3.63, 3.8) is 0 Å². The Morgan fingerprint density at radius 1 is 1.80 bits per heavy atom. The average Bonchev–Trinajstić information content (AvgIpc) is 1.41. The fraction of sp³-hybridized carbons (Fsp3) is 1.00. The normalized spacial score (nSPS) is 8.40. The smallest absolute Gasteiger partial charge is 0.115 e. The first-order chi connectivity index (χ1) is 2.41. The van der Waals surface area contributed by atoms with Gasteiger partial charge in [-0.05, 0) is 0 Å². The summed E-state index contributed by atoms with van der Waals surface area (Å²) in [5, 5.41) is 0. The van der Waals surface area contributed by atoms with Crippen LogP contribution in [0.5, 0.6) is 0 Å². The molecule has 0 aliphatic carbocycles. The second-order valence-corrected chi connectivity index (χ2v) is 0.560. The number of alkyl halides is 1. The molecule has 0 fully saturated rings. The van der Waals surface area contributed by atoms with Crippen LogP contribution in [0.25, 0.3) is 0 Å². The van der Waals surface area contributed by atoms with Gasteiger partial charge in [-0.1, -0.05) is 0 Å². The second kappa shape index (κ2) is 3.85. The van der Waals surface area contributed by atoms with Gasteiger partial charge in [-0.3, -0.25) is 0 Å². The maximum absolute atomic E-state index is 10.8. The Hall–Kier alpha value is -0.150. The van der Waals surface area contributed by atoms with Gasteiger partial charge in [0.2, 0.25) is 0 Å². The van der Waals surface area contributed by atoms with Gasteiger partial charge in [0.1, 0.15) is 6.67 Å². The summed E-state index contributed by atoms with van der Waals surface area (Å²) in [5.74, 6) is 4.40. The summed E-state index contributed by atoms with van der Waals surface area (Å²) in [6.45, 7) is -0.503. The van der Waals surface area contributed by atoms with Crippen molar-refractivity contribution in [1.82, 2.24) is 0 Å².